The Morgan fingerprint density at radius 3 is 2.27 bits per heavy atom. The minimum absolute atomic E-state index is 0.149. The molecule has 0 unspecified atom stereocenters. The highest BCUT2D eigenvalue weighted by Gasteiger charge is 2.14. The van der Waals surface area contributed by atoms with Crippen molar-refractivity contribution in [2.24, 2.45) is 0 Å². The summed E-state index contributed by atoms with van der Waals surface area (Å²) in [6.07, 6.45) is 0.341. The van der Waals surface area contributed by atoms with E-state index in [0.29, 0.717) is 19.6 Å². The van der Waals surface area contributed by atoms with E-state index < -0.39 is 0 Å². The molecule has 0 aliphatic carbocycles. The Balaban J connectivity index is 1.65. The zero-order valence-electron chi connectivity index (χ0n) is 17.0. The smallest absolute Gasteiger partial charge is 0.319 e. The van der Waals surface area contributed by atoms with Crippen molar-refractivity contribution in [3.8, 4) is 16.9 Å². The van der Waals surface area contributed by atoms with Crippen LogP contribution >= 0.6 is 0 Å². The molecule has 3 aromatic rings. The first-order chi connectivity index (χ1) is 14.7. The Labute approximate surface area is 176 Å². The van der Waals surface area contributed by atoms with Gasteiger partial charge in [-0.05, 0) is 54.4 Å². The second-order valence-electron chi connectivity index (χ2n) is 6.82. The number of carbonyl (C=O) groups is 1. The molecule has 5 heteroatoms. The third-order valence-electron chi connectivity index (χ3n) is 4.64. The second kappa shape index (κ2) is 11.1. The molecule has 0 aromatic heterocycles. The maximum absolute atomic E-state index is 13.3. The van der Waals surface area contributed by atoms with E-state index in [4.69, 9.17) is 9.47 Å². The summed E-state index contributed by atoms with van der Waals surface area (Å²) in [6.45, 7) is 2.85. The van der Waals surface area contributed by atoms with E-state index in [2.05, 4.69) is 17.4 Å². The summed E-state index contributed by atoms with van der Waals surface area (Å²) in [7, 11) is 0. The van der Waals surface area contributed by atoms with Crippen molar-refractivity contribution in [3.05, 3.63) is 90.2 Å². The Morgan fingerprint density at radius 1 is 0.933 bits per heavy atom. The monoisotopic (exact) mass is 407 g/mol. The lowest BCUT2D eigenvalue weighted by Crippen LogP contribution is -2.27. The van der Waals surface area contributed by atoms with Crippen molar-refractivity contribution >= 4 is 5.97 Å². The zero-order valence-corrected chi connectivity index (χ0v) is 17.0. The van der Waals surface area contributed by atoms with Gasteiger partial charge in [-0.1, -0.05) is 54.6 Å². The Kier molecular flexibility index (Phi) is 7.98. The fraction of sp³-hybridized carbons (Fsp3) is 0.240. The van der Waals surface area contributed by atoms with Crippen LogP contribution in [0.25, 0.3) is 11.1 Å². The summed E-state index contributed by atoms with van der Waals surface area (Å²) in [6, 6.07) is 24.3. The number of hydrogen-bond acceptors (Lipinski definition) is 4. The molecule has 0 bridgehead atoms. The van der Waals surface area contributed by atoms with E-state index in [9.17, 15) is 9.18 Å². The van der Waals surface area contributed by atoms with Crippen LogP contribution < -0.4 is 10.1 Å². The average Bonchev–Trinajstić information content (AvgIpc) is 2.78. The topological polar surface area (TPSA) is 47.6 Å². The normalized spacial score (nSPS) is 11.7. The van der Waals surface area contributed by atoms with Crippen molar-refractivity contribution in [1.82, 2.24) is 5.32 Å². The number of ether oxygens (including phenoxy) is 2. The van der Waals surface area contributed by atoms with Gasteiger partial charge in [-0.3, -0.25) is 4.79 Å². The van der Waals surface area contributed by atoms with Crippen molar-refractivity contribution in [1.29, 1.82) is 0 Å². The molecule has 3 aromatic carbocycles. The molecule has 0 aliphatic rings. The fourth-order valence-electron chi connectivity index (χ4n) is 3.13. The predicted octanol–water partition coefficient (Wildman–Crippen LogP) is 5.16. The fourth-order valence-corrected chi connectivity index (χ4v) is 3.13. The summed E-state index contributed by atoms with van der Waals surface area (Å²) in [4.78, 5) is 11.5. The Bertz CT molecular complexity index is 911. The highest BCUT2D eigenvalue weighted by atomic mass is 19.1. The van der Waals surface area contributed by atoms with Crippen molar-refractivity contribution in [2.75, 3.05) is 19.7 Å². The van der Waals surface area contributed by atoms with E-state index in [-0.39, 0.29) is 24.4 Å². The van der Waals surface area contributed by atoms with Gasteiger partial charge in [0.1, 0.15) is 17.7 Å². The summed E-state index contributed by atoms with van der Waals surface area (Å²) in [5.74, 6) is 0.160. The minimum Gasteiger partial charge on any atom is -0.486 e. The van der Waals surface area contributed by atoms with Crippen LogP contribution in [0.5, 0.6) is 5.75 Å². The summed E-state index contributed by atoms with van der Waals surface area (Å²) < 4.78 is 24.5. The number of benzene rings is 3. The molecule has 3 rings (SSSR count). The van der Waals surface area contributed by atoms with Gasteiger partial charge in [0.25, 0.3) is 0 Å². The highest BCUT2D eigenvalue weighted by Crippen LogP contribution is 2.27. The molecule has 0 radical (unpaired) electrons. The summed E-state index contributed by atoms with van der Waals surface area (Å²) in [5, 5.41) is 3.07. The van der Waals surface area contributed by atoms with Gasteiger partial charge in [-0.25, -0.2) is 4.39 Å². The maximum Gasteiger partial charge on any atom is 0.319 e. The van der Waals surface area contributed by atoms with Crippen LogP contribution in [-0.4, -0.2) is 25.7 Å². The van der Waals surface area contributed by atoms with Gasteiger partial charge in [-0.15, -0.1) is 0 Å². The van der Waals surface area contributed by atoms with Gasteiger partial charge < -0.3 is 14.8 Å². The number of rotatable bonds is 10. The molecule has 156 valence electrons. The van der Waals surface area contributed by atoms with E-state index >= 15 is 0 Å². The van der Waals surface area contributed by atoms with E-state index in [0.717, 1.165) is 22.4 Å². The van der Waals surface area contributed by atoms with Crippen LogP contribution in [0.4, 0.5) is 4.39 Å². The molecule has 30 heavy (non-hydrogen) atoms. The van der Waals surface area contributed by atoms with Gasteiger partial charge >= 0.3 is 5.97 Å². The Morgan fingerprint density at radius 2 is 1.60 bits per heavy atom. The van der Waals surface area contributed by atoms with Gasteiger partial charge in [0.05, 0.1) is 13.2 Å². The van der Waals surface area contributed by atoms with Crippen LogP contribution in [-0.2, 0) is 9.53 Å². The van der Waals surface area contributed by atoms with Crippen LogP contribution in [0, 0.1) is 5.82 Å². The highest BCUT2D eigenvalue weighted by molar-refractivity contribution is 5.71. The minimum atomic E-state index is -0.287. The molecule has 0 heterocycles. The molecular weight excluding hydrogens is 381 g/mol. The molecular formula is C25H26FNO3. The molecule has 0 saturated carbocycles. The predicted molar refractivity (Wildman–Crippen MR) is 116 cm³/mol. The third-order valence-corrected chi connectivity index (χ3v) is 4.64. The van der Waals surface area contributed by atoms with Crippen molar-refractivity contribution in [2.45, 2.75) is 19.4 Å². The number of esters is 1. The number of carbonyl (C=O) groups excluding carboxylic acids is 1. The quantitative estimate of drug-likeness (QED) is 0.373. The van der Waals surface area contributed by atoms with E-state index in [1.807, 2.05) is 42.5 Å². The second-order valence-corrected chi connectivity index (χ2v) is 6.82. The zero-order chi connectivity index (χ0) is 21.2. The molecule has 0 aliphatic heterocycles. The molecule has 0 spiro atoms. The number of nitrogens with one attached hydrogen (secondary N) is 1. The number of halogens is 1. The maximum atomic E-state index is 13.3. The van der Waals surface area contributed by atoms with Gasteiger partial charge in [-0.2, -0.15) is 0 Å². The van der Waals surface area contributed by atoms with Gasteiger partial charge in [0.2, 0.25) is 0 Å². The van der Waals surface area contributed by atoms with Crippen LogP contribution in [0.1, 0.15) is 25.0 Å². The Hall–Kier alpha value is -3.18. The van der Waals surface area contributed by atoms with E-state index in [1.54, 1.807) is 19.1 Å². The summed E-state index contributed by atoms with van der Waals surface area (Å²) in [5.41, 5.74) is 3.13. The summed E-state index contributed by atoms with van der Waals surface area (Å²) >= 11 is 0. The lowest BCUT2D eigenvalue weighted by Gasteiger charge is -2.20. The third kappa shape index (κ3) is 6.42. The lowest BCUT2D eigenvalue weighted by atomic mass is 10.0. The van der Waals surface area contributed by atoms with Crippen molar-refractivity contribution in [3.63, 3.8) is 0 Å². The first-order valence-electron chi connectivity index (χ1n) is 10.1. The SMILES string of the molecule is CCOC(=O)CNCC[C@@H](Oc1ccc(-c2ccccc2)cc1)c1ccc(F)cc1. The molecule has 1 atom stereocenters. The van der Waals surface area contributed by atoms with E-state index in [1.165, 1.54) is 12.1 Å². The van der Waals surface area contributed by atoms with Crippen LogP contribution in [0.2, 0.25) is 0 Å². The van der Waals surface area contributed by atoms with Crippen molar-refractivity contribution < 1.29 is 18.7 Å². The molecule has 0 saturated heterocycles. The molecule has 1 N–H and O–H groups in total. The van der Waals surface area contributed by atoms with Gasteiger partial charge in [0.15, 0.2) is 0 Å². The molecule has 0 fully saturated rings. The van der Waals surface area contributed by atoms with Crippen LogP contribution in [0.3, 0.4) is 0 Å². The number of hydrogen-bond donors (Lipinski definition) is 1. The largest absolute Gasteiger partial charge is 0.486 e. The lowest BCUT2D eigenvalue weighted by molar-refractivity contribution is -0.142. The van der Waals surface area contributed by atoms with Gasteiger partial charge in [0, 0.05) is 6.42 Å². The first kappa shape index (κ1) is 21.5. The molecule has 4 nitrogen and oxygen atoms in total. The van der Waals surface area contributed by atoms with Crippen LogP contribution in [0.15, 0.2) is 78.9 Å². The first-order valence-corrected chi connectivity index (χ1v) is 10.1. The standard InChI is InChI=1S/C25H26FNO3/c1-2-29-25(28)18-27-17-16-24(21-8-12-22(26)13-9-21)30-23-14-10-20(11-15-23)19-6-4-3-5-7-19/h3-15,24,27H,2,16-18H2,1H3/t24-/m1/s1. The average molecular weight is 407 g/mol. The molecule has 0 amide bonds.